The Labute approximate surface area is 115 Å². The van der Waals surface area contributed by atoms with Crippen molar-refractivity contribution in [1.29, 1.82) is 0 Å². The van der Waals surface area contributed by atoms with Crippen molar-refractivity contribution in [1.82, 2.24) is 4.98 Å². The number of nitrogens with two attached hydrogens (primary N) is 2. The Morgan fingerprint density at radius 1 is 0.947 bits per heavy atom. The minimum Gasteiger partial charge on any atom is -0.397 e. The highest BCUT2D eigenvalue weighted by molar-refractivity contribution is 7.99. The maximum atomic E-state index is 5.84. The molecule has 94 valence electrons. The van der Waals surface area contributed by atoms with E-state index in [1.165, 1.54) is 10.3 Å². The van der Waals surface area contributed by atoms with E-state index in [2.05, 4.69) is 17.1 Å². The first kappa shape index (κ1) is 11.9. The number of benzene rings is 2. The van der Waals surface area contributed by atoms with Crippen molar-refractivity contribution in [3.05, 3.63) is 54.9 Å². The molecule has 3 rings (SSSR count). The van der Waals surface area contributed by atoms with Gasteiger partial charge in [0.1, 0.15) is 0 Å². The Morgan fingerprint density at radius 2 is 1.84 bits per heavy atom. The van der Waals surface area contributed by atoms with E-state index in [1.54, 1.807) is 11.8 Å². The van der Waals surface area contributed by atoms with E-state index in [-0.39, 0.29) is 0 Å². The molecule has 0 fully saturated rings. The third-order valence-corrected chi connectivity index (χ3v) is 3.99. The minimum atomic E-state index is 0.617. The summed E-state index contributed by atoms with van der Waals surface area (Å²) in [6, 6.07) is 13.9. The van der Waals surface area contributed by atoms with Gasteiger partial charge in [0.05, 0.1) is 11.4 Å². The van der Waals surface area contributed by atoms with Crippen LogP contribution in [0.3, 0.4) is 0 Å². The largest absolute Gasteiger partial charge is 0.397 e. The number of fused-ring (bicyclic) bond motifs is 1. The lowest BCUT2D eigenvalue weighted by Gasteiger charge is -2.07. The first-order chi connectivity index (χ1) is 9.24. The zero-order valence-corrected chi connectivity index (χ0v) is 11.0. The number of nitrogens with zero attached hydrogens (tertiary/aromatic N) is 1. The Balaban J connectivity index is 2.03. The lowest BCUT2D eigenvalue weighted by Crippen LogP contribution is -1.93. The van der Waals surface area contributed by atoms with Gasteiger partial charge in [0.15, 0.2) is 0 Å². The molecule has 0 aliphatic rings. The predicted octanol–water partition coefficient (Wildman–Crippen LogP) is 3.55. The molecule has 1 heterocycles. The Hall–Kier alpha value is -2.20. The Bertz CT molecular complexity index is 735. The number of hydrogen-bond acceptors (Lipinski definition) is 4. The second kappa shape index (κ2) is 4.82. The van der Waals surface area contributed by atoms with Crippen LogP contribution in [-0.4, -0.2) is 4.98 Å². The van der Waals surface area contributed by atoms with E-state index in [0.29, 0.717) is 11.4 Å². The quantitative estimate of drug-likeness (QED) is 0.697. The third-order valence-electron chi connectivity index (χ3n) is 2.93. The minimum absolute atomic E-state index is 0.617. The standard InChI is InChI=1S/C15H13N3S/c16-13-5-4-11(8-14(13)17)19-15-3-1-2-10-9-18-7-6-12(10)15/h1-9H,16-17H2. The van der Waals surface area contributed by atoms with E-state index in [1.807, 2.05) is 42.7 Å². The lowest BCUT2D eigenvalue weighted by atomic mass is 10.2. The van der Waals surface area contributed by atoms with Gasteiger partial charge in [-0.15, -0.1) is 0 Å². The summed E-state index contributed by atoms with van der Waals surface area (Å²) in [7, 11) is 0. The lowest BCUT2D eigenvalue weighted by molar-refractivity contribution is 1.35. The van der Waals surface area contributed by atoms with Crippen molar-refractivity contribution < 1.29 is 0 Å². The van der Waals surface area contributed by atoms with Crippen LogP contribution < -0.4 is 11.5 Å². The van der Waals surface area contributed by atoms with Gasteiger partial charge in [-0.05, 0) is 35.7 Å². The molecule has 19 heavy (non-hydrogen) atoms. The Kier molecular flexibility index (Phi) is 3.01. The van der Waals surface area contributed by atoms with Gasteiger partial charge in [0, 0.05) is 27.6 Å². The molecular formula is C15H13N3S. The van der Waals surface area contributed by atoms with Gasteiger partial charge in [-0.2, -0.15) is 0 Å². The zero-order valence-electron chi connectivity index (χ0n) is 10.2. The SMILES string of the molecule is Nc1ccc(Sc2cccc3cnccc23)cc1N. The molecule has 0 saturated heterocycles. The van der Waals surface area contributed by atoms with Crippen molar-refractivity contribution in [2.75, 3.05) is 11.5 Å². The molecule has 3 nitrogen and oxygen atoms in total. The van der Waals surface area contributed by atoms with Crippen molar-refractivity contribution in [3.63, 3.8) is 0 Å². The van der Waals surface area contributed by atoms with Crippen molar-refractivity contribution in [2.24, 2.45) is 0 Å². The van der Waals surface area contributed by atoms with Gasteiger partial charge >= 0.3 is 0 Å². The number of rotatable bonds is 2. The van der Waals surface area contributed by atoms with Crippen LogP contribution in [-0.2, 0) is 0 Å². The number of aromatic nitrogens is 1. The van der Waals surface area contributed by atoms with Gasteiger partial charge in [-0.3, -0.25) is 4.98 Å². The van der Waals surface area contributed by atoms with E-state index in [9.17, 15) is 0 Å². The second-order valence-corrected chi connectivity index (χ2v) is 5.36. The van der Waals surface area contributed by atoms with Gasteiger partial charge in [0.2, 0.25) is 0 Å². The third kappa shape index (κ3) is 2.35. The normalized spacial score (nSPS) is 10.7. The van der Waals surface area contributed by atoms with Gasteiger partial charge < -0.3 is 11.5 Å². The molecular weight excluding hydrogens is 254 g/mol. The van der Waals surface area contributed by atoms with E-state index >= 15 is 0 Å². The fourth-order valence-corrected chi connectivity index (χ4v) is 2.94. The number of hydrogen-bond donors (Lipinski definition) is 2. The zero-order chi connectivity index (χ0) is 13.2. The van der Waals surface area contributed by atoms with E-state index in [0.717, 1.165) is 10.3 Å². The molecule has 3 aromatic rings. The van der Waals surface area contributed by atoms with Crippen LogP contribution in [0.4, 0.5) is 11.4 Å². The van der Waals surface area contributed by atoms with Crippen LogP contribution in [0.25, 0.3) is 10.8 Å². The fourth-order valence-electron chi connectivity index (χ4n) is 1.93. The van der Waals surface area contributed by atoms with Gasteiger partial charge in [0.25, 0.3) is 0 Å². The molecule has 2 aromatic carbocycles. The molecule has 0 aliphatic carbocycles. The average molecular weight is 267 g/mol. The average Bonchev–Trinajstić information content (AvgIpc) is 2.43. The van der Waals surface area contributed by atoms with Crippen LogP contribution in [0, 0.1) is 0 Å². The maximum Gasteiger partial charge on any atom is 0.0559 e. The van der Waals surface area contributed by atoms with Gasteiger partial charge in [-0.1, -0.05) is 23.9 Å². The molecule has 4 heteroatoms. The first-order valence-electron chi connectivity index (χ1n) is 5.89. The molecule has 0 saturated carbocycles. The molecule has 0 spiro atoms. The maximum absolute atomic E-state index is 5.84. The summed E-state index contributed by atoms with van der Waals surface area (Å²) in [5.74, 6) is 0. The summed E-state index contributed by atoms with van der Waals surface area (Å²) in [4.78, 5) is 6.40. The molecule has 0 radical (unpaired) electrons. The first-order valence-corrected chi connectivity index (χ1v) is 6.71. The number of pyridine rings is 1. The molecule has 0 atom stereocenters. The number of anilines is 2. The molecule has 0 bridgehead atoms. The monoisotopic (exact) mass is 267 g/mol. The van der Waals surface area contributed by atoms with Crippen molar-refractivity contribution in [3.8, 4) is 0 Å². The van der Waals surface area contributed by atoms with Crippen LogP contribution in [0.15, 0.2) is 64.6 Å². The predicted molar refractivity (Wildman–Crippen MR) is 81.1 cm³/mol. The van der Waals surface area contributed by atoms with E-state index < -0.39 is 0 Å². The Morgan fingerprint density at radius 3 is 2.68 bits per heavy atom. The fraction of sp³-hybridized carbons (Fsp3) is 0. The molecule has 0 amide bonds. The van der Waals surface area contributed by atoms with Crippen LogP contribution >= 0.6 is 11.8 Å². The molecule has 0 unspecified atom stereocenters. The summed E-state index contributed by atoms with van der Waals surface area (Å²) in [6.07, 6.45) is 3.68. The van der Waals surface area contributed by atoms with Crippen LogP contribution in [0.2, 0.25) is 0 Å². The summed E-state index contributed by atoms with van der Waals surface area (Å²) in [5, 5.41) is 2.33. The smallest absolute Gasteiger partial charge is 0.0559 e. The highest BCUT2D eigenvalue weighted by Gasteiger charge is 2.04. The molecule has 1 aromatic heterocycles. The summed E-state index contributed by atoms with van der Waals surface area (Å²) in [6.45, 7) is 0. The summed E-state index contributed by atoms with van der Waals surface area (Å²) in [5.41, 5.74) is 12.8. The van der Waals surface area contributed by atoms with Crippen molar-refractivity contribution in [2.45, 2.75) is 9.79 Å². The second-order valence-electron chi connectivity index (χ2n) is 4.25. The van der Waals surface area contributed by atoms with Crippen LogP contribution in [0.5, 0.6) is 0 Å². The summed E-state index contributed by atoms with van der Waals surface area (Å²) >= 11 is 1.68. The van der Waals surface area contributed by atoms with Gasteiger partial charge in [-0.25, -0.2) is 0 Å². The van der Waals surface area contributed by atoms with Crippen molar-refractivity contribution >= 4 is 33.9 Å². The number of nitrogen functional groups attached to an aromatic ring is 2. The summed E-state index contributed by atoms with van der Waals surface area (Å²) < 4.78 is 0. The van der Waals surface area contributed by atoms with Crippen LogP contribution in [0.1, 0.15) is 0 Å². The molecule has 0 aliphatic heterocycles. The highest BCUT2D eigenvalue weighted by Crippen LogP contribution is 2.34. The highest BCUT2D eigenvalue weighted by atomic mass is 32.2. The van der Waals surface area contributed by atoms with E-state index in [4.69, 9.17) is 11.5 Å². The molecule has 4 N–H and O–H groups in total. The topological polar surface area (TPSA) is 64.9 Å².